The minimum Gasteiger partial charge on any atom is -0.399 e. The molecular weight excluding hydrogens is 247 g/mol. The van der Waals surface area contributed by atoms with E-state index >= 15 is 0 Å². The van der Waals surface area contributed by atoms with Crippen LogP contribution in [0.4, 0.5) is 11.4 Å². The molecule has 0 aliphatic carbocycles. The molecule has 1 heterocycles. The summed E-state index contributed by atoms with van der Waals surface area (Å²) in [4.78, 5) is 0. The maximum atomic E-state index is 5.70. The molecule has 2 aromatic carbocycles. The molecule has 3 aromatic rings. The van der Waals surface area contributed by atoms with E-state index in [9.17, 15) is 0 Å². The maximum absolute atomic E-state index is 5.70. The third kappa shape index (κ3) is 2.15. The zero-order chi connectivity index (χ0) is 12.5. The van der Waals surface area contributed by atoms with E-state index in [4.69, 9.17) is 20.2 Å². The van der Waals surface area contributed by atoms with E-state index in [0.29, 0.717) is 0 Å². The quantitative estimate of drug-likeness (QED) is 0.556. The Balaban J connectivity index is 2.01. The fourth-order valence-corrected chi connectivity index (χ4v) is 3.06. The number of hydrogen-bond acceptors (Lipinski definition) is 4. The normalized spacial score (nSPS) is 11.2. The van der Waals surface area contributed by atoms with E-state index in [0.717, 1.165) is 22.5 Å². The van der Waals surface area contributed by atoms with Crippen molar-refractivity contribution in [3.8, 4) is 0 Å². The van der Waals surface area contributed by atoms with Crippen LogP contribution in [0.1, 0.15) is 16.8 Å². The molecule has 0 bridgehead atoms. The molecule has 3 rings (SSSR count). The summed E-state index contributed by atoms with van der Waals surface area (Å²) in [6.45, 7) is 0. The third-order valence-corrected chi connectivity index (χ3v) is 4.21. The molecule has 4 nitrogen and oxygen atoms in total. The van der Waals surface area contributed by atoms with Crippen molar-refractivity contribution in [2.45, 2.75) is 5.66 Å². The first-order valence-electron chi connectivity index (χ1n) is 5.59. The maximum Gasteiger partial charge on any atom is 0.327 e. The number of nitrogens with two attached hydrogens (primary N) is 2. The molecule has 18 heavy (non-hydrogen) atoms. The van der Waals surface area contributed by atoms with Crippen LogP contribution >= 0.6 is 8.01 Å². The molecule has 0 atom stereocenters. The summed E-state index contributed by atoms with van der Waals surface area (Å²) in [5.41, 5.74) is 15.3. The number of nitrogen functional groups attached to an aromatic ring is 2. The van der Waals surface area contributed by atoms with Gasteiger partial charge in [0.1, 0.15) is 5.66 Å². The van der Waals surface area contributed by atoms with Gasteiger partial charge >= 0.3 is 8.01 Å². The van der Waals surface area contributed by atoms with Crippen molar-refractivity contribution in [2.24, 2.45) is 0 Å². The van der Waals surface area contributed by atoms with Crippen LogP contribution < -0.4 is 11.5 Å². The molecule has 0 fully saturated rings. The van der Waals surface area contributed by atoms with Crippen LogP contribution in [0.25, 0.3) is 0 Å². The first kappa shape index (κ1) is 11.1. The van der Waals surface area contributed by atoms with E-state index in [2.05, 4.69) is 0 Å². The molecule has 0 amide bonds. The molecule has 0 spiro atoms. The fraction of sp³-hybridized carbons (Fsp3) is 0.0769. The molecule has 0 aliphatic rings. The Kier molecular flexibility index (Phi) is 2.65. The van der Waals surface area contributed by atoms with Crippen LogP contribution in [0.3, 0.4) is 0 Å². The first-order valence-corrected chi connectivity index (χ1v) is 6.83. The van der Waals surface area contributed by atoms with E-state index in [1.165, 1.54) is 0 Å². The highest BCUT2D eigenvalue weighted by Gasteiger charge is 2.27. The molecule has 0 radical (unpaired) electrons. The smallest absolute Gasteiger partial charge is 0.327 e. The van der Waals surface area contributed by atoms with Crippen LogP contribution in [0, 0.1) is 0 Å². The zero-order valence-corrected chi connectivity index (χ0v) is 10.5. The van der Waals surface area contributed by atoms with Gasteiger partial charge in [0.05, 0.1) is 0 Å². The first-order chi connectivity index (χ1) is 8.74. The summed E-state index contributed by atoms with van der Waals surface area (Å²) >= 11 is 0. The van der Waals surface area contributed by atoms with Gasteiger partial charge in [-0.05, 0) is 35.4 Å². The summed E-state index contributed by atoms with van der Waals surface area (Å²) < 4.78 is 10.1. The Bertz CT molecular complexity index is 565. The fourth-order valence-electron chi connectivity index (χ4n) is 1.90. The Labute approximate surface area is 105 Å². The van der Waals surface area contributed by atoms with E-state index < -0.39 is 8.01 Å². The average molecular weight is 260 g/mol. The predicted molar refractivity (Wildman–Crippen MR) is 72.6 cm³/mol. The van der Waals surface area contributed by atoms with Crippen LogP contribution in [0.5, 0.6) is 0 Å². The van der Waals surface area contributed by atoms with Crippen LogP contribution in [0.15, 0.2) is 57.2 Å². The molecule has 1 aromatic heterocycles. The summed E-state index contributed by atoms with van der Waals surface area (Å²) in [7, 11) is -0.867. The largest absolute Gasteiger partial charge is 0.399 e. The highest BCUT2D eigenvalue weighted by Crippen LogP contribution is 2.53. The Morgan fingerprint density at radius 2 is 1.11 bits per heavy atom. The van der Waals surface area contributed by atoms with E-state index in [1.54, 1.807) is 0 Å². The van der Waals surface area contributed by atoms with Gasteiger partial charge in [-0.2, -0.15) is 0 Å². The minimum absolute atomic E-state index is 0.112. The van der Waals surface area contributed by atoms with Crippen molar-refractivity contribution in [3.63, 3.8) is 0 Å². The number of rotatable bonds is 3. The SMILES string of the molecule is Nc1ccc(C(c2ccc(N)cc2)p2oo2)cc1. The molecule has 92 valence electrons. The van der Waals surface area contributed by atoms with Crippen LogP contribution in [-0.4, -0.2) is 0 Å². The molecule has 5 heteroatoms. The van der Waals surface area contributed by atoms with Gasteiger partial charge in [-0.25, -0.2) is 8.71 Å². The summed E-state index contributed by atoms with van der Waals surface area (Å²) in [5.74, 6) is 0. The average Bonchev–Trinajstić information content (AvgIpc) is 3.19. The van der Waals surface area contributed by atoms with Gasteiger partial charge in [-0.15, -0.1) is 0 Å². The van der Waals surface area contributed by atoms with Gasteiger partial charge in [-0.3, -0.25) is 0 Å². The molecule has 4 N–H and O–H groups in total. The van der Waals surface area contributed by atoms with E-state index in [-0.39, 0.29) is 5.66 Å². The van der Waals surface area contributed by atoms with Gasteiger partial charge in [0.25, 0.3) is 0 Å². The van der Waals surface area contributed by atoms with Gasteiger partial charge in [0.15, 0.2) is 0 Å². The predicted octanol–water partition coefficient (Wildman–Crippen LogP) is 3.66. The second kappa shape index (κ2) is 4.31. The molecule has 0 unspecified atom stereocenters. The van der Waals surface area contributed by atoms with Crippen molar-refractivity contribution >= 4 is 19.4 Å². The lowest BCUT2D eigenvalue weighted by atomic mass is 10.0. The molecule has 0 saturated heterocycles. The van der Waals surface area contributed by atoms with Crippen LogP contribution in [0.2, 0.25) is 0 Å². The van der Waals surface area contributed by atoms with Crippen molar-refractivity contribution in [1.82, 2.24) is 0 Å². The van der Waals surface area contributed by atoms with Gasteiger partial charge < -0.3 is 11.5 Å². The molecule has 0 aliphatic heterocycles. The zero-order valence-electron chi connectivity index (χ0n) is 9.61. The van der Waals surface area contributed by atoms with Gasteiger partial charge in [0.2, 0.25) is 0 Å². The number of hydrogen-bond donors (Lipinski definition) is 2. The summed E-state index contributed by atoms with van der Waals surface area (Å²) in [5, 5.41) is 0. The highest BCUT2D eigenvalue weighted by atomic mass is 31.1. The standard InChI is InChI=1S/C13H13N2O2P/c14-11-5-1-9(2-6-11)13(18-16-17-18)10-3-7-12(15)8-4-10/h1-8,13H,14-15H2. The van der Waals surface area contributed by atoms with Crippen LogP contribution in [-0.2, 0) is 0 Å². The van der Waals surface area contributed by atoms with Crippen molar-refractivity contribution in [2.75, 3.05) is 11.5 Å². The Morgan fingerprint density at radius 3 is 1.44 bits per heavy atom. The molecular formula is C13H13N2O2P. The summed E-state index contributed by atoms with van der Waals surface area (Å²) in [6, 6.07) is 15.6. The van der Waals surface area contributed by atoms with Gasteiger partial charge in [-0.1, -0.05) is 24.3 Å². The van der Waals surface area contributed by atoms with Crippen molar-refractivity contribution < 1.29 is 8.71 Å². The Hall–Kier alpha value is -2.06. The Morgan fingerprint density at radius 1 is 0.722 bits per heavy atom. The minimum atomic E-state index is -0.867. The lowest BCUT2D eigenvalue weighted by Gasteiger charge is -2.10. The lowest BCUT2D eigenvalue weighted by molar-refractivity contribution is 0.264. The summed E-state index contributed by atoms with van der Waals surface area (Å²) in [6.07, 6.45) is 0. The van der Waals surface area contributed by atoms with Crippen molar-refractivity contribution in [3.05, 3.63) is 59.7 Å². The monoisotopic (exact) mass is 260 g/mol. The topological polar surface area (TPSA) is 78.3 Å². The molecule has 0 saturated carbocycles. The second-order valence-corrected chi connectivity index (χ2v) is 5.56. The number of anilines is 2. The van der Waals surface area contributed by atoms with E-state index in [1.807, 2.05) is 48.5 Å². The van der Waals surface area contributed by atoms with Gasteiger partial charge in [0, 0.05) is 11.4 Å². The third-order valence-electron chi connectivity index (χ3n) is 2.88. The second-order valence-electron chi connectivity index (χ2n) is 4.17. The number of benzene rings is 2. The highest BCUT2D eigenvalue weighted by molar-refractivity contribution is 7.40. The lowest BCUT2D eigenvalue weighted by Crippen LogP contribution is -1.95. The van der Waals surface area contributed by atoms with Crippen molar-refractivity contribution in [1.29, 1.82) is 0 Å².